The van der Waals surface area contributed by atoms with Crippen LogP contribution in [0.5, 0.6) is 5.75 Å². The molecule has 5 nitrogen and oxygen atoms in total. The minimum absolute atomic E-state index is 0.0230. The molecule has 0 unspecified atom stereocenters. The van der Waals surface area contributed by atoms with Crippen molar-refractivity contribution in [2.24, 2.45) is 10.2 Å². The van der Waals surface area contributed by atoms with Crippen molar-refractivity contribution in [1.29, 1.82) is 0 Å². The van der Waals surface area contributed by atoms with E-state index in [0.717, 1.165) is 24.3 Å². The zero-order valence-electron chi connectivity index (χ0n) is 14.3. The van der Waals surface area contributed by atoms with E-state index in [1.807, 2.05) is 31.2 Å². The molecule has 0 aromatic heterocycles. The highest BCUT2D eigenvalue weighted by Crippen LogP contribution is 2.18. The summed E-state index contributed by atoms with van der Waals surface area (Å²) < 4.78 is 5.73. The summed E-state index contributed by atoms with van der Waals surface area (Å²) >= 11 is 1.38. The molecule has 1 fully saturated rings. The maximum absolute atomic E-state index is 11.3. The summed E-state index contributed by atoms with van der Waals surface area (Å²) in [6, 6.07) is 7.77. The number of amides is 1. The number of hydrogen-bond donors (Lipinski definition) is 1. The lowest BCUT2D eigenvalue weighted by Crippen LogP contribution is -2.23. The zero-order valence-corrected chi connectivity index (χ0v) is 15.1. The predicted octanol–water partition coefficient (Wildman–Crippen LogP) is 3.98. The predicted molar refractivity (Wildman–Crippen MR) is 101 cm³/mol. The van der Waals surface area contributed by atoms with Crippen molar-refractivity contribution in [3.63, 3.8) is 0 Å². The molecule has 0 aliphatic carbocycles. The molecule has 1 aliphatic rings. The Labute approximate surface area is 148 Å². The van der Waals surface area contributed by atoms with Crippen molar-refractivity contribution in [3.8, 4) is 5.75 Å². The van der Waals surface area contributed by atoms with E-state index in [0.29, 0.717) is 5.17 Å². The van der Waals surface area contributed by atoms with E-state index in [2.05, 4.69) is 22.4 Å². The van der Waals surface area contributed by atoms with Crippen molar-refractivity contribution in [2.75, 3.05) is 6.61 Å². The fourth-order valence-electron chi connectivity index (χ4n) is 2.20. The Balaban J connectivity index is 1.73. The number of thioether (sulfide) groups is 1. The van der Waals surface area contributed by atoms with Crippen molar-refractivity contribution >= 4 is 29.1 Å². The van der Waals surface area contributed by atoms with Gasteiger partial charge in [0.25, 0.3) is 0 Å². The van der Waals surface area contributed by atoms with E-state index < -0.39 is 0 Å². The third-order valence-electron chi connectivity index (χ3n) is 3.64. The van der Waals surface area contributed by atoms with Crippen LogP contribution in [0.4, 0.5) is 0 Å². The third-order valence-corrected chi connectivity index (χ3v) is 4.61. The second kappa shape index (κ2) is 10.1. The van der Waals surface area contributed by atoms with Gasteiger partial charge in [0.05, 0.1) is 18.1 Å². The molecule has 0 spiro atoms. The summed E-state index contributed by atoms with van der Waals surface area (Å²) in [7, 11) is 0. The lowest BCUT2D eigenvalue weighted by Gasteiger charge is -2.06. The van der Waals surface area contributed by atoms with Crippen LogP contribution in [0.3, 0.4) is 0 Å². The molecule has 1 aromatic carbocycles. The first-order chi connectivity index (χ1) is 11.7. The van der Waals surface area contributed by atoms with Gasteiger partial charge in [0.1, 0.15) is 5.75 Å². The number of benzene rings is 1. The van der Waals surface area contributed by atoms with Gasteiger partial charge in [0.15, 0.2) is 5.17 Å². The number of hydrogen-bond acceptors (Lipinski definition) is 5. The third kappa shape index (κ3) is 6.35. The van der Waals surface area contributed by atoms with E-state index in [4.69, 9.17) is 4.74 Å². The minimum atomic E-state index is -0.0997. The molecule has 1 N–H and O–H groups in total. The van der Waals surface area contributed by atoms with Crippen LogP contribution in [-0.4, -0.2) is 29.1 Å². The van der Waals surface area contributed by atoms with Crippen LogP contribution in [0.2, 0.25) is 0 Å². The topological polar surface area (TPSA) is 63.1 Å². The molecule has 130 valence electrons. The number of ether oxygens (including phenoxy) is 1. The number of nitrogens with zero attached hydrogens (tertiary/aromatic N) is 2. The number of nitrogens with one attached hydrogen (secondary N) is 1. The molecule has 1 heterocycles. The Morgan fingerprint density at radius 1 is 1.21 bits per heavy atom. The molecule has 0 saturated carbocycles. The molecule has 0 radical (unpaired) electrons. The molecule has 1 aromatic rings. The molecule has 2 rings (SSSR count). The normalized spacial score (nSPS) is 19.2. The van der Waals surface area contributed by atoms with Crippen molar-refractivity contribution in [2.45, 2.75) is 51.2 Å². The lowest BCUT2D eigenvalue weighted by molar-refractivity contribution is -0.118. The highest BCUT2D eigenvalue weighted by atomic mass is 32.2. The molecular formula is C18H25N3O2S. The van der Waals surface area contributed by atoms with Gasteiger partial charge in [0.2, 0.25) is 5.91 Å². The van der Waals surface area contributed by atoms with Crippen LogP contribution in [0.25, 0.3) is 0 Å². The van der Waals surface area contributed by atoms with Gasteiger partial charge in [-0.25, -0.2) is 0 Å². The summed E-state index contributed by atoms with van der Waals surface area (Å²) in [4.78, 5) is 11.3. The lowest BCUT2D eigenvalue weighted by atomic mass is 10.2. The van der Waals surface area contributed by atoms with E-state index in [-0.39, 0.29) is 11.2 Å². The van der Waals surface area contributed by atoms with Gasteiger partial charge in [-0.05, 0) is 43.2 Å². The standard InChI is InChI=1S/C18H25N3O2S/c1-3-4-5-6-7-12-23-16-10-8-15(9-11-16)13-19-21-18-20-17(22)14(2)24-18/h8-11,13-14H,3-7,12H2,1-2H3,(H,20,21,22)/b19-13-/t14-/m1/s1. The molecule has 6 heteroatoms. The highest BCUT2D eigenvalue weighted by molar-refractivity contribution is 8.15. The van der Waals surface area contributed by atoms with E-state index >= 15 is 0 Å². The van der Waals surface area contributed by atoms with Crippen LogP contribution in [0.15, 0.2) is 34.5 Å². The number of rotatable bonds is 9. The number of amidine groups is 1. The van der Waals surface area contributed by atoms with Crippen LogP contribution >= 0.6 is 11.8 Å². The Morgan fingerprint density at radius 2 is 1.96 bits per heavy atom. The van der Waals surface area contributed by atoms with E-state index in [1.165, 1.54) is 37.4 Å². The first-order valence-electron chi connectivity index (χ1n) is 8.50. The maximum atomic E-state index is 11.3. The first-order valence-corrected chi connectivity index (χ1v) is 9.38. The molecule has 1 atom stereocenters. The van der Waals surface area contributed by atoms with Gasteiger partial charge in [0, 0.05) is 0 Å². The van der Waals surface area contributed by atoms with Gasteiger partial charge in [-0.2, -0.15) is 5.10 Å². The minimum Gasteiger partial charge on any atom is -0.494 e. The summed E-state index contributed by atoms with van der Waals surface area (Å²) in [5, 5.41) is 11.2. The van der Waals surface area contributed by atoms with Gasteiger partial charge in [-0.1, -0.05) is 44.4 Å². The Bertz CT molecular complexity index is 584. The molecule has 24 heavy (non-hydrogen) atoms. The SMILES string of the molecule is CCCCCCCOc1ccc(/C=N\N=C2\NC(=O)[C@@H](C)S2)cc1. The second-order valence-corrected chi connectivity index (χ2v) is 7.06. The second-order valence-electron chi connectivity index (χ2n) is 5.73. The Kier molecular flexibility index (Phi) is 7.82. The monoisotopic (exact) mass is 347 g/mol. The largest absolute Gasteiger partial charge is 0.494 e. The fourth-order valence-corrected chi connectivity index (χ4v) is 2.95. The number of carbonyl (C=O) groups excluding carboxylic acids is 1. The summed E-state index contributed by atoms with van der Waals surface area (Å²) in [5.41, 5.74) is 0.942. The van der Waals surface area contributed by atoms with Crippen LogP contribution in [0, 0.1) is 0 Å². The molecule has 1 aliphatic heterocycles. The van der Waals surface area contributed by atoms with Gasteiger partial charge < -0.3 is 10.1 Å². The number of unbranched alkanes of at least 4 members (excludes halogenated alkanes) is 4. The van der Waals surface area contributed by atoms with Crippen LogP contribution in [-0.2, 0) is 4.79 Å². The summed E-state index contributed by atoms with van der Waals surface area (Å²) in [5.74, 6) is 0.853. The van der Waals surface area contributed by atoms with Crippen LogP contribution in [0.1, 0.15) is 51.5 Å². The molecular weight excluding hydrogens is 322 g/mol. The average molecular weight is 347 g/mol. The Morgan fingerprint density at radius 3 is 2.62 bits per heavy atom. The van der Waals surface area contributed by atoms with Crippen LogP contribution < -0.4 is 10.1 Å². The van der Waals surface area contributed by atoms with Crippen molar-refractivity contribution in [3.05, 3.63) is 29.8 Å². The van der Waals surface area contributed by atoms with Crippen molar-refractivity contribution in [1.82, 2.24) is 5.32 Å². The van der Waals surface area contributed by atoms with Gasteiger partial charge in [-0.3, -0.25) is 4.79 Å². The van der Waals surface area contributed by atoms with Gasteiger partial charge in [-0.15, -0.1) is 5.10 Å². The first kappa shape index (κ1) is 18.5. The Hall–Kier alpha value is -1.82. The maximum Gasteiger partial charge on any atom is 0.239 e. The zero-order chi connectivity index (χ0) is 17.2. The molecule has 1 saturated heterocycles. The summed E-state index contributed by atoms with van der Waals surface area (Å²) in [6.07, 6.45) is 7.85. The molecule has 1 amide bonds. The quantitative estimate of drug-likeness (QED) is 0.417. The molecule has 0 bridgehead atoms. The highest BCUT2D eigenvalue weighted by Gasteiger charge is 2.25. The van der Waals surface area contributed by atoms with Crippen molar-refractivity contribution < 1.29 is 9.53 Å². The smallest absolute Gasteiger partial charge is 0.239 e. The van der Waals surface area contributed by atoms with E-state index in [1.54, 1.807) is 6.21 Å². The fraction of sp³-hybridized carbons (Fsp3) is 0.500. The summed E-state index contributed by atoms with van der Waals surface area (Å²) in [6.45, 7) is 4.82. The van der Waals surface area contributed by atoms with Gasteiger partial charge >= 0.3 is 0 Å². The van der Waals surface area contributed by atoms with E-state index in [9.17, 15) is 4.79 Å². The average Bonchev–Trinajstić information content (AvgIpc) is 2.90. The number of carbonyl (C=O) groups is 1.